The molecule has 1 N–H and O–H groups in total. The Balaban J connectivity index is 1.65. The summed E-state index contributed by atoms with van der Waals surface area (Å²) in [6.07, 6.45) is 1.90. The number of aromatic hydroxyl groups is 1. The molecule has 1 aliphatic heterocycles. The molecule has 0 bridgehead atoms. The minimum Gasteiger partial charge on any atom is -0.508 e. The van der Waals surface area contributed by atoms with Crippen LogP contribution in [-0.4, -0.2) is 36.8 Å². The largest absolute Gasteiger partial charge is 0.508 e. The lowest BCUT2D eigenvalue weighted by molar-refractivity contribution is 0.312. The highest BCUT2D eigenvalue weighted by Gasteiger charge is 2.20. The van der Waals surface area contributed by atoms with E-state index in [1.54, 1.807) is 6.07 Å². The highest BCUT2D eigenvalue weighted by Crippen LogP contribution is 2.37. The second kappa shape index (κ2) is 8.97. The van der Waals surface area contributed by atoms with E-state index in [-0.39, 0.29) is 5.75 Å². The van der Waals surface area contributed by atoms with Crippen molar-refractivity contribution in [2.75, 3.05) is 26.7 Å². The summed E-state index contributed by atoms with van der Waals surface area (Å²) >= 11 is 0. The molecule has 0 amide bonds. The first-order valence-electron chi connectivity index (χ1n) is 10.2. The Bertz CT molecular complexity index is 994. The zero-order chi connectivity index (χ0) is 20.1. The van der Waals surface area contributed by atoms with E-state index >= 15 is 0 Å². The second-order valence-electron chi connectivity index (χ2n) is 7.60. The third-order valence-electron chi connectivity index (χ3n) is 5.39. The van der Waals surface area contributed by atoms with Gasteiger partial charge in [-0.05, 0) is 53.9 Å². The highest BCUT2D eigenvalue weighted by atomic mass is 16.5. The van der Waals surface area contributed by atoms with Gasteiger partial charge in [0.05, 0.1) is 6.61 Å². The summed E-state index contributed by atoms with van der Waals surface area (Å²) in [4.78, 5) is 2.37. The van der Waals surface area contributed by atoms with Gasteiger partial charge in [0.2, 0.25) is 0 Å². The minimum atomic E-state index is 0.287. The number of phenols is 1. The van der Waals surface area contributed by atoms with Gasteiger partial charge < -0.3 is 14.7 Å². The monoisotopic (exact) mass is 385 g/mol. The molecule has 0 saturated carbocycles. The van der Waals surface area contributed by atoms with Crippen molar-refractivity contribution in [1.29, 1.82) is 0 Å². The molecule has 29 heavy (non-hydrogen) atoms. The summed E-state index contributed by atoms with van der Waals surface area (Å²) in [5.74, 6) is 1.20. The molecule has 4 rings (SSSR count). The van der Waals surface area contributed by atoms with Crippen molar-refractivity contribution in [2.24, 2.45) is 0 Å². The molecule has 1 aliphatic rings. The molecule has 0 aromatic heterocycles. The van der Waals surface area contributed by atoms with E-state index in [0.717, 1.165) is 42.8 Å². The Morgan fingerprint density at radius 1 is 0.931 bits per heavy atom. The number of rotatable bonds is 6. The van der Waals surface area contributed by atoms with E-state index < -0.39 is 0 Å². The lowest BCUT2D eigenvalue weighted by atomic mass is 9.91. The van der Waals surface area contributed by atoms with Crippen molar-refractivity contribution in [2.45, 2.75) is 12.8 Å². The summed E-state index contributed by atoms with van der Waals surface area (Å²) < 4.78 is 6.05. The van der Waals surface area contributed by atoms with Crippen LogP contribution in [0.15, 0.2) is 84.4 Å². The van der Waals surface area contributed by atoms with Crippen molar-refractivity contribution >= 4 is 5.57 Å². The summed E-state index contributed by atoms with van der Waals surface area (Å²) in [7, 11) is 2.17. The summed E-state index contributed by atoms with van der Waals surface area (Å²) in [5.41, 5.74) is 6.02. The van der Waals surface area contributed by atoms with Crippen molar-refractivity contribution in [3.63, 3.8) is 0 Å². The van der Waals surface area contributed by atoms with Crippen molar-refractivity contribution in [1.82, 2.24) is 4.90 Å². The molecule has 148 valence electrons. The highest BCUT2D eigenvalue weighted by molar-refractivity contribution is 5.86. The molecule has 0 unspecified atom stereocenters. The van der Waals surface area contributed by atoms with Gasteiger partial charge in [-0.15, -0.1) is 0 Å². The third-order valence-corrected chi connectivity index (χ3v) is 5.39. The minimum absolute atomic E-state index is 0.287. The molecule has 0 saturated heterocycles. The van der Waals surface area contributed by atoms with Gasteiger partial charge in [0, 0.05) is 25.1 Å². The van der Waals surface area contributed by atoms with Gasteiger partial charge in [-0.25, -0.2) is 0 Å². The van der Waals surface area contributed by atoms with Crippen LogP contribution in [0.3, 0.4) is 0 Å². The average Bonchev–Trinajstić information content (AvgIpc) is 2.92. The van der Waals surface area contributed by atoms with Crippen molar-refractivity contribution in [3.05, 3.63) is 101 Å². The average molecular weight is 386 g/mol. The lowest BCUT2D eigenvalue weighted by Crippen LogP contribution is -2.24. The van der Waals surface area contributed by atoms with E-state index in [1.807, 2.05) is 30.3 Å². The van der Waals surface area contributed by atoms with E-state index in [9.17, 15) is 5.11 Å². The number of fused-ring (bicyclic) bond motifs is 1. The number of nitrogens with zero attached hydrogens (tertiary/aromatic N) is 1. The predicted octanol–water partition coefficient (Wildman–Crippen LogP) is 5.15. The maximum Gasteiger partial charge on any atom is 0.127 e. The van der Waals surface area contributed by atoms with Crippen LogP contribution in [-0.2, 0) is 6.42 Å². The first-order chi connectivity index (χ1) is 14.2. The van der Waals surface area contributed by atoms with Crippen LogP contribution in [0.1, 0.15) is 23.1 Å². The fourth-order valence-electron chi connectivity index (χ4n) is 3.95. The first kappa shape index (κ1) is 19.3. The predicted molar refractivity (Wildman–Crippen MR) is 118 cm³/mol. The van der Waals surface area contributed by atoms with Crippen molar-refractivity contribution in [3.8, 4) is 11.5 Å². The molecule has 3 nitrogen and oxygen atoms in total. The number of likely N-dealkylation sites (N-methyl/N-ethyl adjacent to an activating group) is 1. The molecular weight excluding hydrogens is 358 g/mol. The second-order valence-corrected chi connectivity index (χ2v) is 7.60. The topological polar surface area (TPSA) is 32.7 Å². The summed E-state index contributed by atoms with van der Waals surface area (Å²) in [6.45, 7) is 2.53. The Kier molecular flexibility index (Phi) is 5.97. The number of hydrogen-bond donors (Lipinski definition) is 1. The number of ether oxygens (including phenoxy) is 1. The first-order valence-corrected chi connectivity index (χ1v) is 10.2. The third kappa shape index (κ3) is 4.69. The van der Waals surface area contributed by atoms with Crippen LogP contribution >= 0.6 is 0 Å². The number of phenolic OH excluding ortho intramolecular Hbond substituents is 1. The molecule has 3 heteroatoms. The standard InChI is InChI=1S/C26H27NO2/c1-27(16-14-20-8-3-2-4-9-20)19-22-15-17-29-25-13-6-5-12-24(25)26(22)21-10-7-11-23(28)18-21/h2-13,18,28H,14-17,19H2,1H3. The van der Waals surface area contributed by atoms with Crippen LogP contribution in [0, 0.1) is 0 Å². The number of benzene rings is 3. The van der Waals surface area contributed by atoms with E-state index in [1.165, 1.54) is 16.7 Å². The maximum absolute atomic E-state index is 10.1. The van der Waals surface area contributed by atoms with E-state index in [0.29, 0.717) is 6.61 Å². The van der Waals surface area contributed by atoms with Crippen LogP contribution in [0.5, 0.6) is 11.5 Å². The molecule has 0 spiro atoms. The van der Waals surface area contributed by atoms with Gasteiger partial charge >= 0.3 is 0 Å². The molecule has 1 heterocycles. The quantitative estimate of drug-likeness (QED) is 0.637. The number of hydrogen-bond acceptors (Lipinski definition) is 3. The smallest absolute Gasteiger partial charge is 0.127 e. The van der Waals surface area contributed by atoms with Gasteiger partial charge in [0.1, 0.15) is 11.5 Å². The Labute approximate surface area is 172 Å². The molecule has 3 aromatic carbocycles. The Morgan fingerprint density at radius 2 is 1.72 bits per heavy atom. The number of para-hydroxylation sites is 1. The normalized spacial score (nSPS) is 13.7. The SMILES string of the molecule is CN(CCc1ccccc1)CC1=C(c2cccc(O)c2)c2ccccc2OCC1. The molecular formula is C26H27NO2. The maximum atomic E-state index is 10.1. The Morgan fingerprint density at radius 3 is 2.55 bits per heavy atom. The van der Waals surface area contributed by atoms with Crippen molar-refractivity contribution < 1.29 is 9.84 Å². The molecule has 0 radical (unpaired) electrons. The van der Waals surface area contributed by atoms with Crippen LogP contribution in [0.4, 0.5) is 0 Å². The molecule has 0 fully saturated rings. The fourth-order valence-corrected chi connectivity index (χ4v) is 3.95. The van der Waals surface area contributed by atoms with E-state index in [2.05, 4.69) is 54.4 Å². The van der Waals surface area contributed by atoms with Crippen LogP contribution < -0.4 is 4.74 Å². The lowest BCUT2D eigenvalue weighted by Gasteiger charge is -2.21. The summed E-state index contributed by atoms with van der Waals surface area (Å²) in [5, 5.41) is 10.1. The van der Waals surface area contributed by atoms with Gasteiger partial charge in [-0.1, -0.05) is 60.7 Å². The fraction of sp³-hybridized carbons (Fsp3) is 0.231. The van der Waals surface area contributed by atoms with Gasteiger partial charge in [-0.3, -0.25) is 0 Å². The zero-order valence-corrected chi connectivity index (χ0v) is 16.8. The van der Waals surface area contributed by atoms with E-state index in [4.69, 9.17) is 4.74 Å². The molecule has 3 aromatic rings. The summed E-state index contributed by atoms with van der Waals surface area (Å²) in [6, 6.07) is 26.4. The Hall–Kier alpha value is -3.04. The molecule has 0 aliphatic carbocycles. The van der Waals surface area contributed by atoms with Gasteiger partial charge in [0.25, 0.3) is 0 Å². The van der Waals surface area contributed by atoms with Gasteiger partial charge in [0.15, 0.2) is 0 Å². The zero-order valence-electron chi connectivity index (χ0n) is 16.8. The van der Waals surface area contributed by atoms with Gasteiger partial charge in [-0.2, -0.15) is 0 Å². The van der Waals surface area contributed by atoms with Crippen LogP contribution in [0.2, 0.25) is 0 Å². The van der Waals surface area contributed by atoms with Crippen LogP contribution in [0.25, 0.3) is 5.57 Å². The molecule has 0 atom stereocenters.